The largest absolute Gasteiger partial charge is 0.477 e. The summed E-state index contributed by atoms with van der Waals surface area (Å²) in [6.07, 6.45) is 76.9. The number of esters is 2. The number of carbonyl (C=O) groups excluding carboxylic acids is 2. The van der Waals surface area contributed by atoms with Crippen molar-refractivity contribution in [2.45, 2.75) is 219 Å². The predicted molar refractivity (Wildman–Crippen MR) is 317 cm³/mol. The highest BCUT2D eigenvalue weighted by atomic mass is 16.7. The maximum atomic E-state index is 12.8. The number of likely N-dealkylation sites (N-methyl/N-ethyl adjacent to an activating group) is 1. The van der Waals surface area contributed by atoms with Crippen LogP contribution < -0.4 is 0 Å². The van der Waals surface area contributed by atoms with Gasteiger partial charge in [0.05, 0.1) is 34.4 Å². The number of aliphatic carboxylic acids is 1. The van der Waals surface area contributed by atoms with E-state index in [9.17, 15) is 19.5 Å². The van der Waals surface area contributed by atoms with Gasteiger partial charge in [0.15, 0.2) is 6.10 Å². The minimum Gasteiger partial charge on any atom is -0.477 e. The number of carboxylic acid groups (broad SMARTS) is 1. The molecule has 424 valence electrons. The van der Waals surface area contributed by atoms with Crippen molar-refractivity contribution < 1.29 is 42.9 Å². The Morgan fingerprint density at radius 2 is 0.760 bits per heavy atom. The van der Waals surface area contributed by atoms with E-state index in [0.29, 0.717) is 17.4 Å². The third kappa shape index (κ3) is 57.0. The van der Waals surface area contributed by atoms with E-state index in [1.807, 2.05) is 21.1 Å². The standard InChI is InChI=1S/C66H107NO8/c1-6-8-10-12-14-16-18-19-20-21-22-23-24-25-26-27-28-29-30-31-32-33-34-35-36-37-38-39-40-41-42-43-44-45-47-49-51-53-55-57-64(69)75-62(61-74-66(65(70)71)72-59-58-67(3,4)5)60-73-63(68)56-54-52-50-48-46-17-15-13-11-9-7-2/h8,10,13-16,19-20,22-23,25-26,28-29,31-32,34-35,37-38,40-41,62,66H,6-7,9,11-12,17-18,21,24,27,30,33,36,39,42-61H2,1-5H3/p+1/b10-8-,15-13-,16-14-,20-19-,23-22-,26-25-,29-28-,32-31-,35-34-,38-37-,41-40-. The molecule has 0 saturated heterocycles. The van der Waals surface area contributed by atoms with Crippen LogP contribution in [0.1, 0.15) is 206 Å². The fourth-order valence-corrected chi connectivity index (χ4v) is 7.37. The highest BCUT2D eigenvalue weighted by Crippen LogP contribution is 2.14. The summed E-state index contributed by atoms with van der Waals surface area (Å²) in [5, 5.41) is 9.67. The van der Waals surface area contributed by atoms with E-state index >= 15 is 0 Å². The van der Waals surface area contributed by atoms with Gasteiger partial charge in [-0.1, -0.05) is 218 Å². The van der Waals surface area contributed by atoms with Gasteiger partial charge < -0.3 is 28.5 Å². The maximum absolute atomic E-state index is 12.8. The monoisotopic (exact) mass is 1040 g/mol. The van der Waals surface area contributed by atoms with Gasteiger partial charge in [0.2, 0.25) is 0 Å². The number of nitrogens with zero attached hydrogens (tertiary/aromatic N) is 1. The molecule has 0 rings (SSSR count). The molecule has 75 heavy (non-hydrogen) atoms. The molecule has 0 aromatic carbocycles. The van der Waals surface area contributed by atoms with Crippen molar-refractivity contribution in [3.8, 4) is 0 Å². The number of carboxylic acids is 1. The van der Waals surface area contributed by atoms with E-state index < -0.39 is 24.3 Å². The van der Waals surface area contributed by atoms with Crippen molar-refractivity contribution in [3.63, 3.8) is 0 Å². The van der Waals surface area contributed by atoms with Gasteiger partial charge in [-0.05, 0) is 109 Å². The van der Waals surface area contributed by atoms with Crippen LogP contribution in [0.15, 0.2) is 134 Å². The van der Waals surface area contributed by atoms with E-state index in [0.717, 1.165) is 135 Å². The molecule has 0 heterocycles. The number of unbranched alkanes of at least 4 members (excludes halogenated alkanes) is 15. The Morgan fingerprint density at radius 1 is 0.413 bits per heavy atom. The van der Waals surface area contributed by atoms with Crippen LogP contribution in [-0.4, -0.2) is 87.4 Å². The number of ether oxygens (including phenoxy) is 4. The Balaban J connectivity index is 4.16. The summed E-state index contributed by atoms with van der Waals surface area (Å²) in [4.78, 5) is 37.3. The number of quaternary nitrogens is 1. The van der Waals surface area contributed by atoms with Gasteiger partial charge in [0, 0.05) is 12.8 Å². The van der Waals surface area contributed by atoms with Crippen LogP contribution in [0, 0.1) is 0 Å². The van der Waals surface area contributed by atoms with Crippen LogP contribution in [0.3, 0.4) is 0 Å². The predicted octanol–water partition coefficient (Wildman–Crippen LogP) is 17.5. The van der Waals surface area contributed by atoms with Crippen LogP contribution >= 0.6 is 0 Å². The van der Waals surface area contributed by atoms with Crippen LogP contribution in [0.25, 0.3) is 0 Å². The van der Waals surface area contributed by atoms with Crippen molar-refractivity contribution in [2.24, 2.45) is 0 Å². The molecule has 0 spiro atoms. The molecule has 1 N–H and O–H groups in total. The molecule has 0 aliphatic heterocycles. The minimum atomic E-state index is -1.52. The fraction of sp³-hybridized carbons (Fsp3) is 0.621. The molecule has 0 radical (unpaired) electrons. The maximum Gasteiger partial charge on any atom is 0.361 e. The molecular weight excluding hydrogens is 935 g/mol. The highest BCUT2D eigenvalue weighted by Gasteiger charge is 2.25. The van der Waals surface area contributed by atoms with E-state index in [1.165, 1.54) is 38.5 Å². The van der Waals surface area contributed by atoms with Gasteiger partial charge in [-0.2, -0.15) is 0 Å². The lowest BCUT2D eigenvalue weighted by Crippen LogP contribution is -2.40. The number of allylic oxidation sites excluding steroid dienone is 22. The quantitative estimate of drug-likeness (QED) is 0.0211. The van der Waals surface area contributed by atoms with Crippen molar-refractivity contribution in [1.82, 2.24) is 0 Å². The van der Waals surface area contributed by atoms with Crippen molar-refractivity contribution >= 4 is 17.9 Å². The Morgan fingerprint density at radius 3 is 1.15 bits per heavy atom. The molecule has 2 atom stereocenters. The lowest BCUT2D eigenvalue weighted by molar-refractivity contribution is -0.870. The molecule has 0 amide bonds. The van der Waals surface area contributed by atoms with Gasteiger partial charge in [-0.25, -0.2) is 4.79 Å². The van der Waals surface area contributed by atoms with Crippen LogP contribution in [-0.2, 0) is 33.3 Å². The molecule has 0 saturated carbocycles. The molecule has 9 nitrogen and oxygen atoms in total. The van der Waals surface area contributed by atoms with Gasteiger partial charge >= 0.3 is 17.9 Å². The van der Waals surface area contributed by atoms with Crippen LogP contribution in [0.2, 0.25) is 0 Å². The Hall–Kier alpha value is -4.57. The highest BCUT2D eigenvalue weighted by molar-refractivity contribution is 5.71. The zero-order chi connectivity index (χ0) is 54.8. The Bertz CT molecular complexity index is 1690. The summed E-state index contributed by atoms with van der Waals surface area (Å²) in [6, 6.07) is 0. The first-order valence-corrected chi connectivity index (χ1v) is 29.3. The van der Waals surface area contributed by atoms with Crippen molar-refractivity contribution in [3.05, 3.63) is 134 Å². The zero-order valence-electron chi connectivity index (χ0n) is 48.2. The van der Waals surface area contributed by atoms with Gasteiger partial charge in [-0.3, -0.25) is 9.59 Å². The van der Waals surface area contributed by atoms with E-state index in [2.05, 4.69) is 148 Å². The number of hydrogen-bond donors (Lipinski definition) is 1. The second kappa shape index (κ2) is 55.7. The average molecular weight is 1040 g/mol. The Labute approximate surface area is 459 Å². The average Bonchev–Trinajstić information content (AvgIpc) is 3.38. The van der Waals surface area contributed by atoms with Gasteiger partial charge in [0.1, 0.15) is 13.2 Å². The van der Waals surface area contributed by atoms with E-state index in [4.69, 9.17) is 18.9 Å². The normalized spacial score (nSPS) is 13.8. The van der Waals surface area contributed by atoms with Crippen molar-refractivity contribution in [1.29, 1.82) is 0 Å². The second-order valence-corrected chi connectivity index (χ2v) is 20.2. The number of carbonyl (C=O) groups is 3. The molecular formula is C66H108NO8+. The topological polar surface area (TPSA) is 108 Å². The molecule has 2 unspecified atom stereocenters. The molecule has 0 fully saturated rings. The molecule has 9 heteroatoms. The zero-order valence-corrected chi connectivity index (χ0v) is 48.2. The summed E-state index contributed by atoms with van der Waals surface area (Å²) in [5.74, 6) is -2.05. The summed E-state index contributed by atoms with van der Waals surface area (Å²) >= 11 is 0. The van der Waals surface area contributed by atoms with Gasteiger partial charge in [-0.15, -0.1) is 0 Å². The van der Waals surface area contributed by atoms with E-state index in [1.54, 1.807) is 0 Å². The van der Waals surface area contributed by atoms with Gasteiger partial charge in [0.25, 0.3) is 6.29 Å². The molecule has 0 aromatic heterocycles. The fourth-order valence-electron chi connectivity index (χ4n) is 7.37. The summed E-state index contributed by atoms with van der Waals surface area (Å²) in [7, 11) is 5.95. The number of rotatable bonds is 52. The Kier molecular flexibility index (Phi) is 52.3. The lowest BCUT2D eigenvalue weighted by Gasteiger charge is -2.25. The SMILES string of the molecule is CC/C=C\C/C=C\C/C=C\C/C=C\C/C=C\C/C=C\C/C=C\C/C=C\C/C=C\C/C=C\CCCCCCCCCCC(=O)OC(COC(=O)CCCCCCC/C=C\CCCC)COC(OCC[N+](C)(C)C)C(=O)O. The minimum absolute atomic E-state index is 0.178. The number of hydrogen-bond acceptors (Lipinski definition) is 7. The van der Waals surface area contributed by atoms with Crippen LogP contribution in [0.5, 0.6) is 0 Å². The third-order valence-electron chi connectivity index (χ3n) is 11.9. The first kappa shape index (κ1) is 70.4. The first-order chi connectivity index (χ1) is 36.6. The van der Waals surface area contributed by atoms with Crippen molar-refractivity contribution in [2.75, 3.05) is 47.5 Å². The summed E-state index contributed by atoms with van der Waals surface area (Å²) < 4.78 is 22.8. The molecule has 0 aromatic rings. The second-order valence-electron chi connectivity index (χ2n) is 20.2. The first-order valence-electron chi connectivity index (χ1n) is 29.3. The molecule has 0 aliphatic rings. The van der Waals surface area contributed by atoms with Crippen LogP contribution in [0.4, 0.5) is 0 Å². The summed E-state index contributed by atoms with van der Waals surface area (Å²) in [5.41, 5.74) is 0. The molecule has 0 aliphatic carbocycles. The molecule has 0 bridgehead atoms. The van der Waals surface area contributed by atoms with E-state index in [-0.39, 0.29) is 38.6 Å². The third-order valence-corrected chi connectivity index (χ3v) is 11.9. The lowest BCUT2D eigenvalue weighted by atomic mass is 10.1. The smallest absolute Gasteiger partial charge is 0.361 e. The summed E-state index contributed by atoms with van der Waals surface area (Å²) in [6.45, 7) is 4.67.